The number of carbonyl (C=O) groups excluding carboxylic acids is 1. The molecular formula is C28H27ClN2O3. The van der Waals surface area contributed by atoms with E-state index >= 15 is 0 Å². The van der Waals surface area contributed by atoms with E-state index in [0.717, 1.165) is 28.9 Å². The minimum atomic E-state index is -0.242. The highest BCUT2D eigenvalue weighted by molar-refractivity contribution is 6.31. The predicted octanol–water partition coefficient (Wildman–Crippen LogP) is 5.45. The average Bonchev–Trinajstić information content (AvgIpc) is 3.23. The molecule has 0 spiro atoms. The van der Waals surface area contributed by atoms with Crippen LogP contribution >= 0.6 is 11.6 Å². The van der Waals surface area contributed by atoms with Gasteiger partial charge in [0.15, 0.2) is 0 Å². The van der Waals surface area contributed by atoms with Crippen molar-refractivity contribution in [2.45, 2.75) is 38.0 Å². The van der Waals surface area contributed by atoms with Crippen LogP contribution in [0, 0.1) is 0 Å². The number of methoxy groups -OCH3 is 1. The van der Waals surface area contributed by atoms with Crippen LogP contribution in [0.15, 0.2) is 77.8 Å². The number of ether oxygens (including phenoxy) is 2. The molecule has 0 saturated carbocycles. The number of hydrogen-bond donors (Lipinski definition) is 0. The van der Waals surface area contributed by atoms with Crippen molar-refractivity contribution in [2.24, 2.45) is 4.99 Å². The Morgan fingerprint density at radius 1 is 1.06 bits per heavy atom. The number of carbonyl (C=O) groups is 1. The topological polar surface area (TPSA) is 51.1 Å². The first-order valence-corrected chi connectivity index (χ1v) is 11.9. The Kier molecular flexibility index (Phi) is 6.29. The summed E-state index contributed by atoms with van der Waals surface area (Å²) in [6.45, 7) is 2.61. The van der Waals surface area contributed by atoms with Crippen LogP contribution < -0.4 is 4.74 Å². The summed E-state index contributed by atoms with van der Waals surface area (Å²) in [4.78, 5) is 20.4. The molecular weight excluding hydrogens is 448 g/mol. The molecule has 3 atom stereocenters. The van der Waals surface area contributed by atoms with Crippen LogP contribution in [0.2, 0.25) is 5.02 Å². The minimum Gasteiger partial charge on any atom is -0.497 e. The first-order valence-electron chi connectivity index (χ1n) is 11.6. The van der Waals surface area contributed by atoms with Crippen molar-refractivity contribution in [3.05, 3.63) is 100 Å². The number of halogens is 1. The molecule has 0 aromatic heterocycles. The first kappa shape index (κ1) is 22.5. The lowest BCUT2D eigenvalue weighted by atomic mass is 9.87. The molecule has 0 N–H and O–H groups in total. The maximum atomic E-state index is 13.7. The van der Waals surface area contributed by atoms with Crippen LogP contribution in [0.5, 0.6) is 5.75 Å². The highest BCUT2D eigenvalue weighted by Crippen LogP contribution is 2.39. The van der Waals surface area contributed by atoms with Crippen LogP contribution in [-0.4, -0.2) is 42.5 Å². The largest absolute Gasteiger partial charge is 0.497 e. The molecule has 0 fully saturated rings. The molecule has 34 heavy (non-hydrogen) atoms. The Morgan fingerprint density at radius 2 is 1.76 bits per heavy atom. The maximum Gasteiger partial charge on any atom is 0.225 e. The molecule has 5 rings (SSSR count). The van der Waals surface area contributed by atoms with Gasteiger partial charge in [-0.3, -0.25) is 4.79 Å². The second-order valence-electron chi connectivity index (χ2n) is 8.72. The molecule has 2 aliphatic heterocycles. The van der Waals surface area contributed by atoms with E-state index in [-0.39, 0.29) is 30.5 Å². The van der Waals surface area contributed by atoms with Crippen LogP contribution in [0.3, 0.4) is 0 Å². The standard InChI is InChI=1S/C28H27ClN2O3/c1-18-25(30-28(34-18)20-11-13-21(33-2)14-12-20)17-26(32)31-16-15-19-7-3-4-8-22(19)27(31)23-9-5-6-10-24(23)29/h3-14,18,25,27H,15-17H2,1-2H3/t18-,25-,27+/m1/s1. The highest BCUT2D eigenvalue weighted by Gasteiger charge is 2.36. The normalized spacial score (nSPS) is 21.4. The van der Waals surface area contributed by atoms with Crippen LogP contribution in [0.25, 0.3) is 0 Å². The van der Waals surface area contributed by atoms with Crippen LogP contribution in [-0.2, 0) is 16.0 Å². The van der Waals surface area contributed by atoms with Crippen molar-refractivity contribution >= 4 is 23.4 Å². The van der Waals surface area contributed by atoms with E-state index in [1.165, 1.54) is 5.56 Å². The molecule has 0 bridgehead atoms. The van der Waals surface area contributed by atoms with Crippen molar-refractivity contribution in [3.8, 4) is 5.75 Å². The molecule has 2 heterocycles. The summed E-state index contributed by atoms with van der Waals surface area (Å²) in [6, 6.07) is 23.2. The first-order chi connectivity index (χ1) is 16.5. The fourth-order valence-corrected chi connectivity index (χ4v) is 5.03. The van der Waals surface area contributed by atoms with E-state index in [1.807, 2.05) is 72.5 Å². The summed E-state index contributed by atoms with van der Waals surface area (Å²) in [5, 5.41) is 0.666. The van der Waals surface area contributed by atoms with E-state index in [1.54, 1.807) is 7.11 Å². The number of hydrogen-bond acceptors (Lipinski definition) is 4. The quantitative estimate of drug-likeness (QED) is 0.494. The van der Waals surface area contributed by atoms with Crippen LogP contribution in [0.4, 0.5) is 0 Å². The fourth-order valence-electron chi connectivity index (χ4n) is 4.79. The third kappa shape index (κ3) is 4.28. The number of fused-ring (bicyclic) bond motifs is 1. The van der Waals surface area contributed by atoms with Gasteiger partial charge in [-0.25, -0.2) is 4.99 Å². The Bertz CT molecular complexity index is 1220. The fraction of sp³-hybridized carbons (Fsp3) is 0.286. The lowest BCUT2D eigenvalue weighted by molar-refractivity contribution is -0.134. The third-order valence-corrected chi connectivity index (χ3v) is 6.99. The predicted molar refractivity (Wildman–Crippen MR) is 134 cm³/mol. The molecule has 174 valence electrons. The van der Waals surface area contributed by atoms with Gasteiger partial charge in [-0.2, -0.15) is 0 Å². The summed E-state index contributed by atoms with van der Waals surface area (Å²) >= 11 is 6.61. The lowest BCUT2D eigenvalue weighted by Gasteiger charge is -2.38. The third-order valence-electron chi connectivity index (χ3n) is 6.65. The van der Waals surface area contributed by atoms with Crippen molar-refractivity contribution in [1.29, 1.82) is 0 Å². The molecule has 6 heteroatoms. The zero-order chi connectivity index (χ0) is 23.7. The van der Waals surface area contributed by atoms with Gasteiger partial charge in [0.1, 0.15) is 11.9 Å². The summed E-state index contributed by atoms with van der Waals surface area (Å²) in [5.74, 6) is 1.40. The van der Waals surface area contributed by atoms with Gasteiger partial charge in [0.05, 0.1) is 25.6 Å². The summed E-state index contributed by atoms with van der Waals surface area (Å²) in [7, 11) is 1.64. The molecule has 0 aliphatic carbocycles. The van der Waals surface area contributed by atoms with Crippen molar-refractivity contribution in [1.82, 2.24) is 4.90 Å². The lowest BCUT2D eigenvalue weighted by Crippen LogP contribution is -2.42. The van der Waals surface area contributed by atoms with E-state index in [9.17, 15) is 4.79 Å². The van der Waals surface area contributed by atoms with Gasteiger partial charge in [0.2, 0.25) is 11.8 Å². The van der Waals surface area contributed by atoms with E-state index in [0.29, 0.717) is 17.5 Å². The molecule has 5 nitrogen and oxygen atoms in total. The number of amides is 1. The molecule has 1 amide bonds. The zero-order valence-electron chi connectivity index (χ0n) is 19.3. The van der Waals surface area contributed by atoms with E-state index in [4.69, 9.17) is 26.1 Å². The maximum absolute atomic E-state index is 13.7. The van der Waals surface area contributed by atoms with Gasteiger partial charge < -0.3 is 14.4 Å². The number of rotatable bonds is 5. The summed E-state index contributed by atoms with van der Waals surface area (Å²) in [6.07, 6.45) is 0.918. The van der Waals surface area contributed by atoms with Gasteiger partial charge in [0.25, 0.3) is 0 Å². The second kappa shape index (κ2) is 9.51. The van der Waals surface area contributed by atoms with E-state index in [2.05, 4.69) is 12.1 Å². The number of benzene rings is 3. The van der Waals surface area contributed by atoms with Crippen molar-refractivity contribution in [3.63, 3.8) is 0 Å². The van der Waals surface area contributed by atoms with Crippen molar-refractivity contribution < 1.29 is 14.3 Å². The Labute approximate surface area is 205 Å². The Balaban J connectivity index is 1.41. The van der Waals surface area contributed by atoms with Gasteiger partial charge in [-0.15, -0.1) is 0 Å². The zero-order valence-corrected chi connectivity index (χ0v) is 20.0. The molecule has 0 saturated heterocycles. The molecule has 0 unspecified atom stereocenters. The molecule has 0 radical (unpaired) electrons. The van der Waals surface area contributed by atoms with Gasteiger partial charge in [-0.05, 0) is 60.4 Å². The Hall–Kier alpha value is -3.31. The van der Waals surface area contributed by atoms with Gasteiger partial charge >= 0.3 is 0 Å². The molecule has 3 aromatic rings. The highest BCUT2D eigenvalue weighted by atomic mass is 35.5. The summed E-state index contributed by atoms with van der Waals surface area (Å²) in [5.41, 5.74) is 4.22. The van der Waals surface area contributed by atoms with Gasteiger partial charge in [0, 0.05) is 17.1 Å². The Morgan fingerprint density at radius 3 is 2.50 bits per heavy atom. The smallest absolute Gasteiger partial charge is 0.225 e. The molecule has 3 aromatic carbocycles. The minimum absolute atomic E-state index is 0.0552. The van der Waals surface area contributed by atoms with E-state index < -0.39 is 0 Å². The molecule has 2 aliphatic rings. The number of aliphatic imine (C=N–C) groups is 1. The van der Waals surface area contributed by atoms with Gasteiger partial charge in [-0.1, -0.05) is 54.1 Å². The van der Waals surface area contributed by atoms with Crippen molar-refractivity contribution in [2.75, 3.05) is 13.7 Å². The second-order valence-corrected chi connectivity index (χ2v) is 9.12. The average molecular weight is 475 g/mol. The van der Waals surface area contributed by atoms with Crippen LogP contribution in [0.1, 0.15) is 41.6 Å². The monoisotopic (exact) mass is 474 g/mol. The summed E-state index contributed by atoms with van der Waals surface area (Å²) < 4.78 is 11.3. The SMILES string of the molecule is COc1ccc(C2=N[C@H](CC(=O)N3CCc4ccccc4[C@H]3c3ccccc3Cl)[C@@H](C)O2)cc1. The number of nitrogens with zero attached hydrogens (tertiary/aromatic N) is 2.